The van der Waals surface area contributed by atoms with Gasteiger partial charge >= 0.3 is 0 Å². The van der Waals surface area contributed by atoms with Crippen LogP contribution in [0.3, 0.4) is 0 Å². The van der Waals surface area contributed by atoms with Crippen molar-refractivity contribution >= 4 is 29.1 Å². The quantitative estimate of drug-likeness (QED) is 0.831. The zero-order valence-electron chi connectivity index (χ0n) is 9.70. The van der Waals surface area contributed by atoms with E-state index in [1.807, 2.05) is 6.07 Å². The van der Waals surface area contributed by atoms with Gasteiger partial charge in [0.1, 0.15) is 10.2 Å². The summed E-state index contributed by atoms with van der Waals surface area (Å²) in [6.45, 7) is 4.15. The highest BCUT2D eigenvalue weighted by Crippen LogP contribution is 2.31. The highest BCUT2D eigenvalue weighted by molar-refractivity contribution is 7.99. The van der Waals surface area contributed by atoms with E-state index in [4.69, 9.17) is 17.3 Å². The van der Waals surface area contributed by atoms with Gasteiger partial charge in [-0.2, -0.15) is 0 Å². The Hall–Kier alpha value is -1.19. The molecule has 0 amide bonds. The number of nitrogens with zero attached hydrogens (tertiary/aromatic N) is 1. The zero-order valence-corrected chi connectivity index (χ0v) is 11.3. The third kappa shape index (κ3) is 3.14. The minimum Gasteiger partial charge on any atom is -0.399 e. The van der Waals surface area contributed by atoms with Gasteiger partial charge in [0.25, 0.3) is 0 Å². The summed E-state index contributed by atoms with van der Waals surface area (Å²) in [6, 6.07) is 9.82. The van der Waals surface area contributed by atoms with Gasteiger partial charge in [0.05, 0.1) is 0 Å². The van der Waals surface area contributed by atoms with Gasteiger partial charge < -0.3 is 5.73 Å². The van der Waals surface area contributed by atoms with Crippen LogP contribution in [0.4, 0.5) is 5.69 Å². The number of hydrogen-bond acceptors (Lipinski definition) is 3. The number of aromatic nitrogens is 1. The maximum Gasteiger partial charge on any atom is 0.132 e. The first-order valence-electron chi connectivity index (χ1n) is 5.23. The van der Waals surface area contributed by atoms with Crippen molar-refractivity contribution in [2.24, 2.45) is 0 Å². The Morgan fingerprint density at radius 2 is 1.94 bits per heavy atom. The van der Waals surface area contributed by atoms with E-state index in [0.29, 0.717) is 10.8 Å². The molecule has 0 unspecified atom stereocenters. The first-order chi connectivity index (χ1) is 8.04. The number of pyridine rings is 1. The van der Waals surface area contributed by atoms with Crippen molar-refractivity contribution in [3.8, 4) is 0 Å². The fourth-order valence-corrected chi connectivity index (χ4v) is 2.78. The summed E-state index contributed by atoms with van der Waals surface area (Å²) in [5.74, 6) is 0. The lowest BCUT2D eigenvalue weighted by molar-refractivity contribution is 1.13. The van der Waals surface area contributed by atoms with Gasteiger partial charge in [-0.05, 0) is 43.2 Å². The summed E-state index contributed by atoms with van der Waals surface area (Å²) in [6.07, 6.45) is 0. The van der Waals surface area contributed by atoms with Crippen LogP contribution < -0.4 is 5.73 Å². The molecular weight excluding hydrogens is 252 g/mol. The predicted molar refractivity (Wildman–Crippen MR) is 73.7 cm³/mol. The third-order valence-electron chi connectivity index (χ3n) is 2.35. The number of halogens is 1. The number of aryl methyl sites for hydroxylation is 2. The molecule has 1 aromatic heterocycles. The second-order valence-electron chi connectivity index (χ2n) is 3.93. The zero-order chi connectivity index (χ0) is 12.4. The minimum atomic E-state index is 0.429. The molecule has 4 heteroatoms. The van der Waals surface area contributed by atoms with E-state index in [1.54, 1.807) is 17.8 Å². The topological polar surface area (TPSA) is 38.9 Å². The fourth-order valence-electron chi connectivity index (χ4n) is 1.47. The van der Waals surface area contributed by atoms with Gasteiger partial charge in [0, 0.05) is 10.6 Å². The maximum atomic E-state index is 5.88. The van der Waals surface area contributed by atoms with Crippen LogP contribution in [0.25, 0.3) is 0 Å². The molecule has 2 nitrogen and oxygen atoms in total. The Balaban J connectivity index is 2.34. The molecule has 0 aliphatic carbocycles. The van der Waals surface area contributed by atoms with Crippen LogP contribution >= 0.6 is 23.4 Å². The standard InChI is InChI=1S/C13H13ClN2S/c1-8-3-4-9(2)11(5-8)17-13-7-10(15)6-12(14)16-13/h3-7H,1-2H3,(H2,15,16). The Morgan fingerprint density at radius 1 is 1.18 bits per heavy atom. The van der Waals surface area contributed by atoms with E-state index in [-0.39, 0.29) is 0 Å². The van der Waals surface area contributed by atoms with Gasteiger partial charge in [0.2, 0.25) is 0 Å². The largest absolute Gasteiger partial charge is 0.399 e. The van der Waals surface area contributed by atoms with E-state index < -0.39 is 0 Å². The number of nitrogens with two attached hydrogens (primary N) is 1. The van der Waals surface area contributed by atoms with E-state index in [2.05, 4.69) is 37.0 Å². The monoisotopic (exact) mass is 264 g/mol. The van der Waals surface area contributed by atoms with Gasteiger partial charge in [-0.15, -0.1) is 0 Å². The third-order valence-corrected chi connectivity index (χ3v) is 3.62. The average molecular weight is 265 g/mol. The minimum absolute atomic E-state index is 0.429. The highest BCUT2D eigenvalue weighted by Gasteiger charge is 2.05. The second kappa shape index (κ2) is 4.98. The molecule has 0 saturated carbocycles. The van der Waals surface area contributed by atoms with Crippen LogP contribution in [0, 0.1) is 13.8 Å². The molecule has 88 valence electrons. The molecule has 0 spiro atoms. The smallest absolute Gasteiger partial charge is 0.132 e. The number of hydrogen-bond donors (Lipinski definition) is 1. The van der Waals surface area contributed by atoms with Crippen molar-refractivity contribution in [3.05, 3.63) is 46.6 Å². The molecule has 0 atom stereocenters. The van der Waals surface area contributed by atoms with Crippen LogP contribution in [-0.2, 0) is 0 Å². The van der Waals surface area contributed by atoms with E-state index >= 15 is 0 Å². The Morgan fingerprint density at radius 3 is 2.65 bits per heavy atom. The number of anilines is 1. The molecule has 0 aliphatic rings. The van der Waals surface area contributed by atoms with Gasteiger partial charge in [0.15, 0.2) is 0 Å². The normalized spacial score (nSPS) is 10.5. The van der Waals surface area contributed by atoms with Crippen LogP contribution in [0.2, 0.25) is 5.15 Å². The van der Waals surface area contributed by atoms with Crippen molar-refractivity contribution < 1.29 is 0 Å². The molecule has 0 fully saturated rings. The fraction of sp³-hybridized carbons (Fsp3) is 0.154. The van der Waals surface area contributed by atoms with E-state index in [9.17, 15) is 0 Å². The summed E-state index contributed by atoms with van der Waals surface area (Å²) < 4.78 is 0. The summed E-state index contributed by atoms with van der Waals surface area (Å²) in [5.41, 5.74) is 8.83. The van der Waals surface area contributed by atoms with Crippen molar-refractivity contribution in [1.82, 2.24) is 4.98 Å². The molecule has 0 bridgehead atoms. The van der Waals surface area contributed by atoms with Crippen molar-refractivity contribution in [1.29, 1.82) is 0 Å². The van der Waals surface area contributed by atoms with Gasteiger partial charge in [-0.3, -0.25) is 0 Å². The highest BCUT2D eigenvalue weighted by atomic mass is 35.5. The molecule has 17 heavy (non-hydrogen) atoms. The maximum absolute atomic E-state index is 5.88. The Bertz CT molecular complexity index is 535. The van der Waals surface area contributed by atoms with Gasteiger partial charge in [-0.25, -0.2) is 4.98 Å². The summed E-state index contributed by atoms with van der Waals surface area (Å²) in [5, 5.41) is 1.25. The molecule has 1 aromatic carbocycles. The Labute approximate surface area is 110 Å². The first kappa shape index (κ1) is 12.3. The molecule has 0 aliphatic heterocycles. The molecule has 0 radical (unpaired) electrons. The van der Waals surface area contributed by atoms with Crippen LogP contribution in [-0.4, -0.2) is 4.98 Å². The predicted octanol–water partition coefficient (Wildman–Crippen LogP) is 4.09. The van der Waals surface area contributed by atoms with E-state index in [0.717, 1.165) is 5.03 Å². The van der Waals surface area contributed by atoms with Crippen molar-refractivity contribution in [3.63, 3.8) is 0 Å². The summed E-state index contributed by atoms with van der Waals surface area (Å²) in [7, 11) is 0. The lowest BCUT2D eigenvalue weighted by atomic mass is 10.2. The second-order valence-corrected chi connectivity index (χ2v) is 5.38. The van der Waals surface area contributed by atoms with Gasteiger partial charge in [-0.1, -0.05) is 35.5 Å². The van der Waals surface area contributed by atoms with Crippen LogP contribution in [0.15, 0.2) is 40.3 Å². The molecule has 2 N–H and O–H groups in total. The summed E-state index contributed by atoms with van der Waals surface area (Å²) >= 11 is 7.46. The lowest BCUT2D eigenvalue weighted by Crippen LogP contribution is -1.89. The SMILES string of the molecule is Cc1ccc(C)c(Sc2cc(N)cc(Cl)n2)c1. The van der Waals surface area contributed by atoms with Crippen LogP contribution in [0.5, 0.6) is 0 Å². The molecule has 2 rings (SSSR count). The van der Waals surface area contributed by atoms with Crippen LogP contribution in [0.1, 0.15) is 11.1 Å². The number of rotatable bonds is 2. The molecule has 1 heterocycles. The van der Waals surface area contributed by atoms with Crippen molar-refractivity contribution in [2.45, 2.75) is 23.8 Å². The molecular formula is C13H13ClN2S. The summed E-state index contributed by atoms with van der Waals surface area (Å²) in [4.78, 5) is 5.43. The van der Waals surface area contributed by atoms with Crippen molar-refractivity contribution in [2.75, 3.05) is 5.73 Å². The average Bonchev–Trinajstić information content (AvgIpc) is 2.22. The Kier molecular flexibility index (Phi) is 3.60. The number of benzene rings is 1. The molecule has 2 aromatic rings. The number of nitrogen functional groups attached to an aromatic ring is 1. The molecule has 0 saturated heterocycles. The lowest BCUT2D eigenvalue weighted by Gasteiger charge is -2.07. The van der Waals surface area contributed by atoms with E-state index in [1.165, 1.54) is 16.0 Å². The first-order valence-corrected chi connectivity index (χ1v) is 6.42.